The van der Waals surface area contributed by atoms with Gasteiger partial charge in [-0.3, -0.25) is 14.2 Å². The second kappa shape index (κ2) is 8.11. The smallest absolute Gasteiger partial charge is 0.261 e. The average molecular weight is 427 g/mol. The first-order chi connectivity index (χ1) is 15.6. The van der Waals surface area contributed by atoms with Crippen molar-refractivity contribution >= 4 is 27.8 Å². The second-order valence-electron chi connectivity index (χ2n) is 7.44. The summed E-state index contributed by atoms with van der Waals surface area (Å²) in [7, 11) is 0. The molecule has 7 heteroatoms. The molecule has 0 saturated heterocycles. The van der Waals surface area contributed by atoms with Crippen LogP contribution in [0.2, 0.25) is 0 Å². The van der Waals surface area contributed by atoms with E-state index in [1.54, 1.807) is 0 Å². The zero-order chi connectivity index (χ0) is 22.1. The fourth-order valence-corrected chi connectivity index (χ4v) is 3.71. The highest BCUT2D eigenvalue weighted by atomic mass is 19.1. The highest BCUT2D eigenvalue weighted by molar-refractivity contribution is 5.80. The van der Waals surface area contributed by atoms with E-state index in [-0.39, 0.29) is 11.9 Å². The van der Waals surface area contributed by atoms with Crippen molar-refractivity contribution in [3.05, 3.63) is 113 Å². The van der Waals surface area contributed by atoms with Crippen LogP contribution in [-0.2, 0) is 11.3 Å². The third kappa shape index (κ3) is 3.76. The van der Waals surface area contributed by atoms with Crippen molar-refractivity contribution in [2.45, 2.75) is 12.6 Å². The highest BCUT2D eigenvalue weighted by Crippen LogP contribution is 2.28. The van der Waals surface area contributed by atoms with Crippen LogP contribution in [0.25, 0.3) is 21.9 Å². The van der Waals surface area contributed by atoms with E-state index < -0.39 is 23.3 Å². The van der Waals surface area contributed by atoms with E-state index in [1.807, 2.05) is 60.7 Å². The van der Waals surface area contributed by atoms with Crippen LogP contribution >= 0.6 is 0 Å². The lowest BCUT2D eigenvalue weighted by Crippen LogP contribution is -2.35. The van der Waals surface area contributed by atoms with Crippen LogP contribution in [0.15, 0.2) is 94.4 Å². The number of benzene rings is 3. The van der Waals surface area contributed by atoms with E-state index >= 15 is 0 Å². The molecular weight excluding hydrogens is 409 g/mol. The highest BCUT2D eigenvalue weighted by Gasteiger charge is 2.21. The molecule has 2 heterocycles. The molecule has 1 atom stereocenters. The normalized spacial score (nSPS) is 12.2. The quantitative estimate of drug-likeness (QED) is 0.456. The number of nitrogens with one attached hydrogen (secondary N) is 1. The topological polar surface area (TPSA) is 77.1 Å². The molecular formula is C25H18FN3O3. The van der Waals surface area contributed by atoms with Crippen molar-refractivity contribution in [3.63, 3.8) is 0 Å². The Balaban J connectivity index is 1.46. The molecule has 0 radical (unpaired) electrons. The first kappa shape index (κ1) is 19.7. The Morgan fingerprint density at radius 3 is 2.62 bits per heavy atom. The van der Waals surface area contributed by atoms with Gasteiger partial charge in [0.25, 0.3) is 5.56 Å². The maximum absolute atomic E-state index is 13.6. The summed E-state index contributed by atoms with van der Waals surface area (Å²) in [5.74, 6) is -0.358. The average Bonchev–Trinajstić information content (AvgIpc) is 3.24. The molecule has 1 unspecified atom stereocenters. The summed E-state index contributed by atoms with van der Waals surface area (Å²) in [4.78, 5) is 29.8. The van der Waals surface area contributed by atoms with Crippen molar-refractivity contribution < 1.29 is 13.6 Å². The number of nitrogens with zero attached hydrogens (tertiary/aromatic N) is 2. The molecule has 6 nitrogen and oxygen atoms in total. The summed E-state index contributed by atoms with van der Waals surface area (Å²) in [5, 5.41) is 4.00. The second-order valence-corrected chi connectivity index (χ2v) is 7.44. The molecule has 0 aliphatic heterocycles. The number of amides is 1. The van der Waals surface area contributed by atoms with E-state index in [0.717, 1.165) is 27.2 Å². The van der Waals surface area contributed by atoms with Gasteiger partial charge in [0.2, 0.25) is 5.91 Å². The number of hydrogen-bond acceptors (Lipinski definition) is 4. The minimum Gasteiger partial charge on any atom is -0.459 e. The minimum atomic E-state index is -0.544. The summed E-state index contributed by atoms with van der Waals surface area (Å²) >= 11 is 0. The Bertz CT molecular complexity index is 1460. The number of fused-ring (bicyclic) bond motifs is 2. The van der Waals surface area contributed by atoms with Gasteiger partial charge in [-0.2, -0.15) is 0 Å². The number of halogens is 1. The molecule has 0 aliphatic carbocycles. The third-order valence-electron chi connectivity index (χ3n) is 5.27. The number of para-hydroxylation sites is 1. The number of carbonyl (C=O) groups excluding carboxylic acids is 1. The van der Waals surface area contributed by atoms with Gasteiger partial charge in [0.05, 0.1) is 17.2 Å². The van der Waals surface area contributed by atoms with Crippen LogP contribution in [0.3, 0.4) is 0 Å². The Kier molecular flexibility index (Phi) is 4.99. The summed E-state index contributed by atoms with van der Waals surface area (Å²) in [5.41, 5.74) is 1.45. The van der Waals surface area contributed by atoms with Crippen molar-refractivity contribution in [3.8, 4) is 0 Å². The molecule has 0 aliphatic rings. The fourth-order valence-electron chi connectivity index (χ4n) is 3.71. The van der Waals surface area contributed by atoms with Crippen LogP contribution in [0.4, 0.5) is 4.39 Å². The molecule has 5 aromatic rings. The minimum absolute atomic E-state index is 0.122. The van der Waals surface area contributed by atoms with Crippen molar-refractivity contribution in [2.24, 2.45) is 0 Å². The van der Waals surface area contributed by atoms with Crippen LogP contribution < -0.4 is 10.9 Å². The number of rotatable bonds is 5. The van der Waals surface area contributed by atoms with Gasteiger partial charge in [0, 0.05) is 5.39 Å². The van der Waals surface area contributed by atoms with Gasteiger partial charge in [-0.05, 0) is 35.9 Å². The van der Waals surface area contributed by atoms with Crippen LogP contribution in [0, 0.1) is 5.82 Å². The predicted molar refractivity (Wildman–Crippen MR) is 119 cm³/mol. The van der Waals surface area contributed by atoms with Gasteiger partial charge in [0.15, 0.2) is 0 Å². The SMILES string of the molecule is O=C(Cn1cnc2ccc(F)cc2c1=O)NC(c1ccccc1)c1cc2ccccc2o1. The van der Waals surface area contributed by atoms with Gasteiger partial charge < -0.3 is 9.73 Å². The summed E-state index contributed by atoms with van der Waals surface area (Å²) in [6, 6.07) is 22.2. The van der Waals surface area contributed by atoms with Gasteiger partial charge in [0.1, 0.15) is 29.7 Å². The summed E-state index contributed by atoms with van der Waals surface area (Å²) in [6.45, 7) is -0.262. The summed E-state index contributed by atoms with van der Waals surface area (Å²) in [6.07, 6.45) is 1.29. The van der Waals surface area contributed by atoms with Gasteiger partial charge >= 0.3 is 0 Å². The largest absolute Gasteiger partial charge is 0.459 e. The van der Waals surface area contributed by atoms with E-state index in [4.69, 9.17) is 4.42 Å². The van der Waals surface area contributed by atoms with Crippen molar-refractivity contribution in [1.82, 2.24) is 14.9 Å². The number of hydrogen-bond donors (Lipinski definition) is 1. The molecule has 0 spiro atoms. The molecule has 1 N–H and O–H groups in total. The standard InChI is InChI=1S/C25H18FN3O3/c26-18-10-11-20-19(13-18)25(31)29(15-27-20)14-23(30)28-24(16-6-2-1-3-7-16)22-12-17-8-4-5-9-21(17)32-22/h1-13,15,24H,14H2,(H,28,30). The van der Waals surface area contributed by atoms with Crippen LogP contribution in [-0.4, -0.2) is 15.5 Å². The zero-order valence-corrected chi connectivity index (χ0v) is 16.9. The number of carbonyl (C=O) groups is 1. The monoisotopic (exact) mass is 427 g/mol. The number of aromatic nitrogens is 2. The first-order valence-corrected chi connectivity index (χ1v) is 10.1. The Morgan fingerprint density at radius 2 is 1.81 bits per heavy atom. The van der Waals surface area contributed by atoms with E-state index in [1.165, 1.54) is 18.5 Å². The van der Waals surface area contributed by atoms with Crippen molar-refractivity contribution in [1.29, 1.82) is 0 Å². The molecule has 0 fully saturated rings. The maximum Gasteiger partial charge on any atom is 0.261 e. The van der Waals surface area contributed by atoms with Crippen LogP contribution in [0.1, 0.15) is 17.4 Å². The van der Waals surface area contributed by atoms with Gasteiger partial charge in [-0.15, -0.1) is 0 Å². The zero-order valence-electron chi connectivity index (χ0n) is 16.9. The Hall–Kier alpha value is -4.26. The lowest BCUT2D eigenvalue weighted by Gasteiger charge is -2.17. The predicted octanol–water partition coefficient (Wildman–Crippen LogP) is 4.19. The molecule has 3 aromatic carbocycles. The molecule has 5 rings (SSSR count). The molecule has 2 aromatic heterocycles. The molecule has 0 bridgehead atoms. The maximum atomic E-state index is 13.6. The molecule has 158 valence electrons. The van der Waals surface area contributed by atoms with Crippen molar-refractivity contribution in [2.75, 3.05) is 0 Å². The third-order valence-corrected chi connectivity index (χ3v) is 5.27. The van der Waals surface area contributed by atoms with E-state index in [0.29, 0.717) is 11.3 Å². The van der Waals surface area contributed by atoms with Crippen LogP contribution in [0.5, 0.6) is 0 Å². The van der Waals surface area contributed by atoms with Gasteiger partial charge in [-0.25, -0.2) is 9.37 Å². The lowest BCUT2D eigenvalue weighted by atomic mass is 10.0. The summed E-state index contributed by atoms with van der Waals surface area (Å²) < 4.78 is 20.7. The fraction of sp³-hybridized carbons (Fsp3) is 0.0800. The lowest BCUT2D eigenvalue weighted by molar-refractivity contribution is -0.122. The number of furan rings is 1. The Morgan fingerprint density at radius 1 is 1.03 bits per heavy atom. The Labute approximate surface area is 181 Å². The first-order valence-electron chi connectivity index (χ1n) is 10.1. The van der Waals surface area contributed by atoms with Gasteiger partial charge in [-0.1, -0.05) is 48.5 Å². The van der Waals surface area contributed by atoms with E-state index in [2.05, 4.69) is 10.3 Å². The molecule has 32 heavy (non-hydrogen) atoms. The molecule has 0 saturated carbocycles. The molecule has 1 amide bonds. The van der Waals surface area contributed by atoms with E-state index in [9.17, 15) is 14.0 Å².